The first-order valence-corrected chi connectivity index (χ1v) is 17.1. The van der Waals surface area contributed by atoms with E-state index in [4.69, 9.17) is 18.9 Å². The number of fused-ring (bicyclic) bond motifs is 8. The van der Waals surface area contributed by atoms with Gasteiger partial charge in [0, 0.05) is 17.0 Å². The van der Waals surface area contributed by atoms with Gasteiger partial charge in [0.1, 0.15) is 25.4 Å². The number of carbonyl (C=O) groups is 2. The summed E-state index contributed by atoms with van der Waals surface area (Å²) in [7, 11) is 0. The van der Waals surface area contributed by atoms with Crippen LogP contribution in [0.3, 0.4) is 0 Å². The minimum Gasteiger partial charge on any atom is -0.494 e. The molecule has 8 unspecified atom stereocenters. The highest BCUT2D eigenvalue weighted by atomic mass is 16.6. The fourth-order valence-corrected chi connectivity index (χ4v) is 10.2. The number of hydrogen-bond donors (Lipinski definition) is 2. The van der Waals surface area contributed by atoms with Gasteiger partial charge in [-0.05, 0) is 98.0 Å². The molecule has 2 saturated carbocycles. The zero-order valence-electron chi connectivity index (χ0n) is 27.2. The molecule has 9 heteroatoms. The van der Waals surface area contributed by atoms with Gasteiger partial charge < -0.3 is 29.2 Å². The molecule has 0 spiro atoms. The molecule has 46 heavy (non-hydrogen) atoms. The van der Waals surface area contributed by atoms with Crippen molar-refractivity contribution in [1.82, 2.24) is 4.57 Å². The van der Waals surface area contributed by atoms with E-state index >= 15 is 0 Å². The second kappa shape index (κ2) is 10.6. The molecule has 8 atom stereocenters. The van der Waals surface area contributed by atoms with Crippen molar-refractivity contribution in [2.75, 3.05) is 26.4 Å². The first kappa shape index (κ1) is 30.1. The van der Waals surface area contributed by atoms with Crippen LogP contribution in [-0.4, -0.2) is 65.4 Å². The molecule has 9 nitrogen and oxygen atoms in total. The highest BCUT2D eigenvalue weighted by molar-refractivity contribution is 5.90. The molecule has 8 rings (SSSR count). The van der Waals surface area contributed by atoms with Gasteiger partial charge >= 0.3 is 11.9 Å². The number of rotatable bonds is 8. The van der Waals surface area contributed by atoms with E-state index in [-0.39, 0.29) is 65.6 Å². The SMILES string of the molecule is CC(C)C1=C2c3c(c(O)n(-c4ccc(C(=O)OCC5CO5)cc4)c3O)C1CC1C2CCC2C(C)(C(=O)OCC3CO3)CCCC12C. The number of carbonyl (C=O) groups excluding carboxylic acids is 2. The molecule has 2 saturated heterocycles. The Morgan fingerprint density at radius 3 is 2.30 bits per heavy atom. The molecule has 6 aliphatic rings. The van der Waals surface area contributed by atoms with Crippen molar-refractivity contribution in [2.45, 2.75) is 84.3 Å². The lowest BCUT2D eigenvalue weighted by atomic mass is 9.43. The van der Waals surface area contributed by atoms with Gasteiger partial charge in [-0.25, -0.2) is 4.79 Å². The summed E-state index contributed by atoms with van der Waals surface area (Å²) in [6, 6.07) is 6.79. The number of esters is 2. The van der Waals surface area contributed by atoms with E-state index in [1.165, 1.54) is 15.7 Å². The van der Waals surface area contributed by atoms with Crippen molar-refractivity contribution in [3.05, 3.63) is 46.5 Å². The Kier molecular flexibility index (Phi) is 6.93. The smallest absolute Gasteiger partial charge is 0.338 e. The minimum atomic E-state index is -0.529. The molecule has 2 aliphatic heterocycles. The van der Waals surface area contributed by atoms with Crippen LogP contribution in [0.25, 0.3) is 11.3 Å². The average Bonchev–Trinajstić information content (AvgIpc) is 3.97. The second-order valence-corrected chi connectivity index (χ2v) is 15.4. The molecule has 1 aromatic heterocycles. The van der Waals surface area contributed by atoms with Gasteiger partial charge in [0.05, 0.1) is 29.9 Å². The lowest BCUT2D eigenvalue weighted by Crippen LogP contribution is -2.56. The van der Waals surface area contributed by atoms with Crippen LogP contribution in [0.5, 0.6) is 11.8 Å². The zero-order valence-corrected chi connectivity index (χ0v) is 27.2. The third kappa shape index (κ3) is 4.48. The lowest BCUT2D eigenvalue weighted by molar-refractivity contribution is -0.175. The van der Waals surface area contributed by atoms with E-state index in [2.05, 4.69) is 27.7 Å². The van der Waals surface area contributed by atoms with Crippen LogP contribution >= 0.6 is 0 Å². The van der Waals surface area contributed by atoms with Crippen LogP contribution in [-0.2, 0) is 23.7 Å². The number of nitrogens with zero attached hydrogens (tertiary/aromatic N) is 1. The summed E-state index contributed by atoms with van der Waals surface area (Å²) in [4.78, 5) is 26.1. The maximum absolute atomic E-state index is 13.6. The first-order chi connectivity index (χ1) is 22.0. The Bertz CT molecular complexity index is 1610. The molecule has 1 aromatic carbocycles. The number of hydrogen-bond acceptors (Lipinski definition) is 8. The predicted octanol–water partition coefficient (Wildman–Crippen LogP) is 6.14. The van der Waals surface area contributed by atoms with Crippen LogP contribution in [0.15, 0.2) is 29.8 Å². The maximum atomic E-state index is 13.6. The van der Waals surface area contributed by atoms with Crippen LogP contribution < -0.4 is 0 Å². The Labute approximate surface area is 269 Å². The Hall–Kier alpha value is -3.30. The molecule has 4 aliphatic carbocycles. The van der Waals surface area contributed by atoms with Gasteiger partial charge in [0.15, 0.2) is 0 Å². The third-order valence-corrected chi connectivity index (χ3v) is 12.5. The fourth-order valence-electron chi connectivity index (χ4n) is 10.2. The number of aromatic nitrogens is 1. The van der Waals surface area contributed by atoms with Crippen molar-refractivity contribution >= 4 is 17.5 Å². The van der Waals surface area contributed by atoms with E-state index < -0.39 is 11.4 Å². The van der Waals surface area contributed by atoms with Gasteiger partial charge in [0.25, 0.3) is 0 Å². The molecular formula is C37H45NO8. The summed E-state index contributed by atoms with van der Waals surface area (Å²) in [5, 5.41) is 23.8. The monoisotopic (exact) mass is 631 g/mol. The lowest BCUT2D eigenvalue weighted by Gasteiger charge is -2.60. The fraction of sp³-hybridized carbons (Fsp3) is 0.622. The topological polar surface area (TPSA) is 123 Å². The standard InChI is InChI=1S/C37H45NO8/c1-19(2)28-25-14-26-24(10-11-27-36(26,3)12-5-13-37(27,4)35(42)46-18-23-16-44-23)29(28)31-30(25)32(39)38(33(31)40)21-8-6-20(7-9-21)34(41)45-17-22-15-43-22/h6-9,19,22-27,39-40H,5,10-18H2,1-4H3. The molecule has 2 N–H and O–H groups in total. The highest BCUT2D eigenvalue weighted by Gasteiger charge is 2.63. The normalized spacial score (nSPS) is 35.3. The number of ether oxygens (including phenoxy) is 4. The highest BCUT2D eigenvalue weighted by Crippen LogP contribution is 2.71. The maximum Gasteiger partial charge on any atom is 0.338 e. The third-order valence-electron chi connectivity index (χ3n) is 12.5. The van der Waals surface area contributed by atoms with Gasteiger partial charge in [0.2, 0.25) is 11.8 Å². The van der Waals surface area contributed by atoms with E-state index in [9.17, 15) is 19.8 Å². The van der Waals surface area contributed by atoms with Gasteiger partial charge in [-0.2, -0.15) is 0 Å². The molecule has 246 valence electrons. The minimum absolute atomic E-state index is 0.0000171. The summed E-state index contributed by atoms with van der Waals surface area (Å²) in [5.74, 6) is 0.666. The molecule has 2 aromatic rings. The van der Waals surface area contributed by atoms with Crippen LogP contribution in [0.4, 0.5) is 0 Å². The number of benzene rings is 1. The summed E-state index contributed by atoms with van der Waals surface area (Å²) < 4.78 is 23.1. The molecule has 4 fully saturated rings. The largest absolute Gasteiger partial charge is 0.494 e. The number of aromatic hydroxyl groups is 2. The molecular weight excluding hydrogens is 586 g/mol. The van der Waals surface area contributed by atoms with Crippen molar-refractivity contribution < 1.29 is 38.7 Å². The summed E-state index contributed by atoms with van der Waals surface area (Å²) in [5.41, 5.74) is 4.56. The second-order valence-electron chi connectivity index (χ2n) is 15.4. The van der Waals surface area contributed by atoms with Gasteiger partial charge in [-0.3, -0.25) is 9.36 Å². The van der Waals surface area contributed by atoms with Crippen molar-refractivity contribution in [3.63, 3.8) is 0 Å². The van der Waals surface area contributed by atoms with Crippen molar-refractivity contribution in [1.29, 1.82) is 0 Å². The summed E-state index contributed by atoms with van der Waals surface area (Å²) >= 11 is 0. The Morgan fingerprint density at radius 2 is 1.65 bits per heavy atom. The average molecular weight is 632 g/mol. The molecule has 2 bridgehead atoms. The Morgan fingerprint density at radius 1 is 0.978 bits per heavy atom. The number of epoxide rings is 2. The van der Waals surface area contributed by atoms with E-state index in [1.54, 1.807) is 24.3 Å². The van der Waals surface area contributed by atoms with Gasteiger partial charge in [-0.15, -0.1) is 0 Å². The summed E-state index contributed by atoms with van der Waals surface area (Å²) in [6.07, 6.45) is 5.68. The van der Waals surface area contributed by atoms with Crippen molar-refractivity contribution in [3.8, 4) is 17.4 Å². The van der Waals surface area contributed by atoms with E-state index in [0.717, 1.165) is 49.7 Å². The number of allylic oxidation sites excluding steroid dienone is 2. The molecule has 3 heterocycles. The van der Waals surface area contributed by atoms with Gasteiger partial charge in [-0.1, -0.05) is 32.8 Å². The quantitative estimate of drug-likeness (QED) is 0.263. The van der Waals surface area contributed by atoms with Crippen molar-refractivity contribution in [2.24, 2.45) is 34.5 Å². The zero-order chi connectivity index (χ0) is 32.1. The van der Waals surface area contributed by atoms with E-state index in [0.29, 0.717) is 37.0 Å². The summed E-state index contributed by atoms with van der Waals surface area (Å²) in [6.45, 7) is 10.8. The Balaban J connectivity index is 1.12. The molecule has 0 radical (unpaired) electrons. The van der Waals surface area contributed by atoms with Crippen LogP contribution in [0.2, 0.25) is 0 Å². The predicted molar refractivity (Wildman–Crippen MR) is 169 cm³/mol. The first-order valence-electron chi connectivity index (χ1n) is 17.1. The van der Waals surface area contributed by atoms with Crippen LogP contribution in [0.1, 0.15) is 93.6 Å². The van der Waals surface area contributed by atoms with Crippen LogP contribution in [0, 0.1) is 34.5 Å². The van der Waals surface area contributed by atoms with E-state index in [1.807, 2.05) is 0 Å². The molecule has 0 amide bonds.